The molecule has 1 N–H and O–H groups in total. The number of pyridine rings is 1. The van der Waals surface area contributed by atoms with Gasteiger partial charge in [-0.05, 0) is 30.7 Å². The third-order valence-corrected chi connectivity index (χ3v) is 2.75. The Morgan fingerprint density at radius 1 is 1.00 bits per heavy atom. The summed E-state index contributed by atoms with van der Waals surface area (Å²) in [6, 6.07) is 4.11. The van der Waals surface area contributed by atoms with Crippen molar-refractivity contribution in [1.82, 2.24) is 4.98 Å². The number of halogens is 3. The summed E-state index contributed by atoms with van der Waals surface area (Å²) in [6.45, 7) is 1.36. The zero-order valence-corrected chi connectivity index (χ0v) is 9.49. The molecule has 0 aliphatic carbocycles. The first-order chi connectivity index (χ1) is 8.41. The average molecular weight is 253 g/mol. The van der Waals surface area contributed by atoms with Gasteiger partial charge in [0.1, 0.15) is 11.4 Å². The lowest BCUT2D eigenvalue weighted by atomic mass is 9.89. The van der Waals surface area contributed by atoms with E-state index in [0.717, 1.165) is 24.4 Å². The van der Waals surface area contributed by atoms with Crippen LogP contribution in [0.15, 0.2) is 36.7 Å². The van der Waals surface area contributed by atoms with Crippen molar-refractivity contribution in [3.63, 3.8) is 0 Å². The van der Waals surface area contributed by atoms with Gasteiger partial charge >= 0.3 is 0 Å². The van der Waals surface area contributed by atoms with Crippen molar-refractivity contribution in [1.29, 1.82) is 0 Å². The highest BCUT2D eigenvalue weighted by atomic mass is 19.2. The molecule has 1 aromatic carbocycles. The zero-order chi connectivity index (χ0) is 13.3. The normalized spacial score (nSPS) is 14.3. The fraction of sp³-hybridized carbons (Fsp3) is 0.154. The summed E-state index contributed by atoms with van der Waals surface area (Å²) >= 11 is 0. The van der Waals surface area contributed by atoms with Crippen LogP contribution in [-0.4, -0.2) is 10.1 Å². The largest absolute Gasteiger partial charge is 0.381 e. The van der Waals surface area contributed by atoms with E-state index in [9.17, 15) is 18.3 Å². The number of hydrogen-bond acceptors (Lipinski definition) is 2. The molecule has 0 radical (unpaired) electrons. The fourth-order valence-corrected chi connectivity index (χ4v) is 1.64. The van der Waals surface area contributed by atoms with Gasteiger partial charge in [-0.15, -0.1) is 0 Å². The van der Waals surface area contributed by atoms with E-state index in [1.54, 1.807) is 0 Å². The van der Waals surface area contributed by atoms with Gasteiger partial charge in [0.25, 0.3) is 0 Å². The Kier molecular flexibility index (Phi) is 3.09. The van der Waals surface area contributed by atoms with Crippen LogP contribution in [0.3, 0.4) is 0 Å². The molecule has 1 aromatic heterocycles. The molecule has 0 fully saturated rings. The Bertz CT molecular complexity index is 584. The second-order valence-electron chi connectivity index (χ2n) is 4.09. The highest BCUT2D eigenvalue weighted by Gasteiger charge is 2.27. The number of rotatable bonds is 2. The predicted molar refractivity (Wildman–Crippen MR) is 59.2 cm³/mol. The van der Waals surface area contributed by atoms with Crippen LogP contribution in [0.1, 0.15) is 18.1 Å². The molecule has 0 spiro atoms. The molecule has 0 amide bonds. The van der Waals surface area contributed by atoms with Crippen molar-refractivity contribution in [3.8, 4) is 0 Å². The molecular formula is C13H10F3NO. The zero-order valence-electron chi connectivity index (χ0n) is 9.49. The van der Waals surface area contributed by atoms with Crippen LogP contribution in [-0.2, 0) is 5.60 Å². The van der Waals surface area contributed by atoms with Gasteiger partial charge in [0.05, 0.1) is 6.20 Å². The Labute approximate surface area is 102 Å². The van der Waals surface area contributed by atoms with Crippen molar-refractivity contribution < 1.29 is 18.3 Å². The molecule has 2 rings (SSSR count). The van der Waals surface area contributed by atoms with Gasteiger partial charge in [0, 0.05) is 11.8 Å². The lowest BCUT2D eigenvalue weighted by molar-refractivity contribution is 0.101. The fourth-order valence-electron chi connectivity index (χ4n) is 1.64. The Balaban J connectivity index is 2.50. The molecule has 0 bridgehead atoms. The maximum absolute atomic E-state index is 13.1. The lowest BCUT2D eigenvalue weighted by Crippen LogP contribution is -2.23. The SMILES string of the molecule is CC(O)(c1cncc(F)c1)c1ccc(F)c(F)c1. The minimum Gasteiger partial charge on any atom is -0.381 e. The van der Waals surface area contributed by atoms with Crippen molar-refractivity contribution in [2.24, 2.45) is 0 Å². The van der Waals surface area contributed by atoms with Crippen LogP contribution < -0.4 is 0 Å². The van der Waals surface area contributed by atoms with Crippen molar-refractivity contribution >= 4 is 0 Å². The molecule has 94 valence electrons. The van der Waals surface area contributed by atoms with E-state index in [2.05, 4.69) is 4.98 Å². The summed E-state index contributed by atoms with van der Waals surface area (Å²) in [6.07, 6.45) is 2.26. The van der Waals surface area contributed by atoms with Crippen molar-refractivity contribution in [3.05, 3.63) is 65.2 Å². The first-order valence-electron chi connectivity index (χ1n) is 5.20. The number of aromatic nitrogens is 1. The van der Waals surface area contributed by atoms with Crippen LogP contribution in [0, 0.1) is 17.5 Å². The first-order valence-corrected chi connectivity index (χ1v) is 5.20. The molecule has 5 heteroatoms. The third kappa shape index (κ3) is 2.22. The number of aliphatic hydroxyl groups is 1. The van der Waals surface area contributed by atoms with Crippen LogP contribution in [0.4, 0.5) is 13.2 Å². The maximum atomic E-state index is 13.1. The summed E-state index contributed by atoms with van der Waals surface area (Å²) in [5, 5.41) is 10.3. The van der Waals surface area contributed by atoms with Crippen LogP contribution >= 0.6 is 0 Å². The van der Waals surface area contributed by atoms with Gasteiger partial charge in [-0.25, -0.2) is 13.2 Å². The molecule has 2 nitrogen and oxygen atoms in total. The maximum Gasteiger partial charge on any atom is 0.159 e. The molecule has 0 aliphatic rings. The van der Waals surface area contributed by atoms with Gasteiger partial charge in [0.15, 0.2) is 11.6 Å². The van der Waals surface area contributed by atoms with E-state index in [-0.39, 0.29) is 11.1 Å². The van der Waals surface area contributed by atoms with E-state index in [1.807, 2.05) is 0 Å². The van der Waals surface area contributed by atoms with E-state index in [0.29, 0.717) is 0 Å². The van der Waals surface area contributed by atoms with E-state index < -0.39 is 23.1 Å². The Hall–Kier alpha value is -1.88. The van der Waals surface area contributed by atoms with Gasteiger partial charge in [-0.2, -0.15) is 0 Å². The average Bonchev–Trinajstić information content (AvgIpc) is 2.32. The first kappa shape index (κ1) is 12.6. The topological polar surface area (TPSA) is 33.1 Å². The van der Waals surface area contributed by atoms with Crippen LogP contribution in [0.5, 0.6) is 0 Å². The van der Waals surface area contributed by atoms with Crippen LogP contribution in [0.25, 0.3) is 0 Å². The molecule has 0 saturated carbocycles. The van der Waals surface area contributed by atoms with Gasteiger partial charge in [-0.1, -0.05) is 6.07 Å². The van der Waals surface area contributed by atoms with Crippen molar-refractivity contribution in [2.75, 3.05) is 0 Å². The summed E-state index contributed by atoms with van der Waals surface area (Å²) in [5.74, 6) is -2.69. The standard InChI is InChI=1S/C13H10F3NO/c1-13(18,9-4-10(14)7-17-6-9)8-2-3-11(15)12(16)5-8/h2-7,18H,1H3. The monoisotopic (exact) mass is 253 g/mol. The predicted octanol–water partition coefficient (Wildman–Crippen LogP) is 2.75. The Morgan fingerprint density at radius 2 is 1.72 bits per heavy atom. The van der Waals surface area contributed by atoms with E-state index >= 15 is 0 Å². The molecule has 1 unspecified atom stereocenters. The lowest BCUT2D eigenvalue weighted by Gasteiger charge is -2.24. The minimum atomic E-state index is -1.65. The molecular weight excluding hydrogens is 243 g/mol. The number of nitrogens with zero attached hydrogens (tertiary/aromatic N) is 1. The molecule has 1 atom stereocenters. The van der Waals surface area contributed by atoms with Crippen molar-refractivity contribution in [2.45, 2.75) is 12.5 Å². The number of benzene rings is 1. The molecule has 1 heterocycles. The second-order valence-corrected chi connectivity index (χ2v) is 4.09. The quantitative estimate of drug-likeness (QED) is 0.892. The molecule has 18 heavy (non-hydrogen) atoms. The number of hydrogen-bond donors (Lipinski definition) is 1. The smallest absolute Gasteiger partial charge is 0.159 e. The van der Waals surface area contributed by atoms with E-state index in [4.69, 9.17) is 0 Å². The second kappa shape index (κ2) is 4.42. The van der Waals surface area contributed by atoms with Gasteiger partial charge < -0.3 is 5.11 Å². The highest BCUT2D eigenvalue weighted by Crippen LogP contribution is 2.29. The summed E-state index contributed by atoms with van der Waals surface area (Å²) in [5.41, 5.74) is -1.37. The highest BCUT2D eigenvalue weighted by molar-refractivity contribution is 5.34. The van der Waals surface area contributed by atoms with Gasteiger partial charge in [-0.3, -0.25) is 4.98 Å². The molecule has 0 aliphatic heterocycles. The third-order valence-electron chi connectivity index (χ3n) is 2.75. The molecule has 2 aromatic rings. The summed E-state index contributed by atoms with van der Waals surface area (Å²) in [7, 11) is 0. The Morgan fingerprint density at radius 3 is 2.33 bits per heavy atom. The minimum absolute atomic E-state index is 0.119. The summed E-state index contributed by atoms with van der Waals surface area (Å²) < 4.78 is 39.0. The molecule has 0 saturated heterocycles. The summed E-state index contributed by atoms with van der Waals surface area (Å²) in [4.78, 5) is 3.61. The van der Waals surface area contributed by atoms with Crippen LogP contribution in [0.2, 0.25) is 0 Å². The van der Waals surface area contributed by atoms with Gasteiger partial charge in [0.2, 0.25) is 0 Å². The van der Waals surface area contributed by atoms with E-state index in [1.165, 1.54) is 19.2 Å².